The van der Waals surface area contributed by atoms with E-state index in [9.17, 15) is 4.79 Å². The van der Waals surface area contributed by atoms with Crippen LogP contribution < -0.4 is 10.6 Å². The smallest absolute Gasteiger partial charge is 0.220 e. The summed E-state index contributed by atoms with van der Waals surface area (Å²) in [6.07, 6.45) is 2.56. The minimum Gasteiger partial charge on any atom is -0.358 e. The van der Waals surface area contributed by atoms with Gasteiger partial charge in [-0.2, -0.15) is 0 Å². The van der Waals surface area contributed by atoms with Crippen LogP contribution in [0.4, 0.5) is 0 Å². The van der Waals surface area contributed by atoms with E-state index in [4.69, 9.17) is 11.6 Å². The zero-order chi connectivity index (χ0) is 15.5. The Balaban J connectivity index is 1.58. The summed E-state index contributed by atoms with van der Waals surface area (Å²) >= 11 is 6.09. The quantitative estimate of drug-likeness (QED) is 0.793. The third kappa shape index (κ3) is 3.45. The fourth-order valence-corrected chi connectivity index (χ4v) is 3.40. The Morgan fingerprint density at radius 1 is 1.45 bits per heavy atom. The molecular formula is C17H22ClN3O. The summed E-state index contributed by atoms with van der Waals surface area (Å²) in [5.74, 6) is 0.651. The lowest BCUT2D eigenvalue weighted by molar-refractivity contribution is -0.121. The van der Waals surface area contributed by atoms with Crippen molar-refractivity contribution in [2.24, 2.45) is 5.92 Å². The lowest BCUT2D eigenvalue weighted by Gasteiger charge is -2.09. The number of aromatic amines is 1. The second-order valence-corrected chi connectivity index (χ2v) is 6.52. The molecule has 2 heterocycles. The second-order valence-electron chi connectivity index (χ2n) is 6.08. The van der Waals surface area contributed by atoms with E-state index in [1.807, 2.05) is 18.2 Å². The first-order valence-corrected chi connectivity index (χ1v) is 8.25. The molecule has 0 bridgehead atoms. The van der Waals surface area contributed by atoms with Crippen molar-refractivity contribution in [2.45, 2.75) is 26.2 Å². The number of halogens is 1. The van der Waals surface area contributed by atoms with E-state index in [1.54, 1.807) is 0 Å². The normalized spacial score (nSPS) is 18.0. The van der Waals surface area contributed by atoms with Crippen molar-refractivity contribution in [3.63, 3.8) is 0 Å². The van der Waals surface area contributed by atoms with Crippen molar-refractivity contribution >= 4 is 28.4 Å². The van der Waals surface area contributed by atoms with Crippen molar-refractivity contribution in [3.05, 3.63) is 34.5 Å². The number of nitrogens with one attached hydrogen (secondary N) is 3. The van der Waals surface area contributed by atoms with Gasteiger partial charge in [0.1, 0.15) is 0 Å². The molecule has 4 nitrogen and oxygen atoms in total. The number of amides is 1. The molecule has 0 radical (unpaired) electrons. The molecule has 3 N–H and O–H groups in total. The van der Waals surface area contributed by atoms with Gasteiger partial charge in [0, 0.05) is 34.6 Å². The summed E-state index contributed by atoms with van der Waals surface area (Å²) in [5, 5.41) is 8.23. The topological polar surface area (TPSA) is 56.9 Å². The van der Waals surface area contributed by atoms with E-state index in [2.05, 4.69) is 22.5 Å². The molecule has 0 aliphatic carbocycles. The van der Waals surface area contributed by atoms with Gasteiger partial charge in [-0.25, -0.2) is 0 Å². The molecule has 0 saturated carbocycles. The summed E-state index contributed by atoms with van der Waals surface area (Å²) in [5.41, 5.74) is 3.48. The highest BCUT2D eigenvalue weighted by molar-refractivity contribution is 6.31. The van der Waals surface area contributed by atoms with Crippen LogP contribution in [0.15, 0.2) is 18.2 Å². The summed E-state index contributed by atoms with van der Waals surface area (Å²) in [6.45, 7) is 4.73. The number of aromatic nitrogens is 1. The lowest BCUT2D eigenvalue weighted by Crippen LogP contribution is -2.28. The molecule has 1 aromatic heterocycles. The maximum atomic E-state index is 12.0. The Bertz CT molecular complexity index is 674. The van der Waals surface area contributed by atoms with Crippen LogP contribution in [-0.4, -0.2) is 30.5 Å². The maximum absolute atomic E-state index is 12.0. The van der Waals surface area contributed by atoms with Crippen LogP contribution in [0.3, 0.4) is 0 Å². The first-order valence-electron chi connectivity index (χ1n) is 7.87. The molecule has 1 aromatic carbocycles. The number of rotatable bonds is 5. The predicted octanol–water partition coefficient (Wildman–Crippen LogP) is 2.79. The van der Waals surface area contributed by atoms with Crippen LogP contribution in [0.25, 0.3) is 10.9 Å². The number of H-pyrrole nitrogens is 1. The molecule has 1 fully saturated rings. The first kappa shape index (κ1) is 15.4. The van der Waals surface area contributed by atoms with Crippen molar-refractivity contribution in [1.29, 1.82) is 0 Å². The van der Waals surface area contributed by atoms with Crippen LogP contribution in [0.5, 0.6) is 0 Å². The number of carbonyl (C=O) groups is 1. The summed E-state index contributed by atoms with van der Waals surface area (Å²) < 4.78 is 0. The standard InChI is InChI=1S/C17H22ClN3O/c1-11-14(15-9-13(18)2-3-16(15)21-11)5-7-20-17(22)8-12-4-6-19-10-12/h2-3,9,12,19,21H,4-8,10H2,1H3,(H,20,22)/t12-/m0/s1. The zero-order valence-corrected chi connectivity index (χ0v) is 13.6. The van der Waals surface area contributed by atoms with Gasteiger partial charge in [0.25, 0.3) is 0 Å². The van der Waals surface area contributed by atoms with Gasteiger partial charge >= 0.3 is 0 Å². The van der Waals surface area contributed by atoms with Crippen LogP contribution in [0, 0.1) is 12.8 Å². The van der Waals surface area contributed by atoms with Gasteiger partial charge in [0.15, 0.2) is 0 Å². The summed E-state index contributed by atoms with van der Waals surface area (Å²) in [7, 11) is 0. The van der Waals surface area contributed by atoms with Crippen molar-refractivity contribution < 1.29 is 4.79 Å². The number of fused-ring (bicyclic) bond motifs is 1. The van der Waals surface area contributed by atoms with Crippen LogP contribution >= 0.6 is 11.6 Å². The lowest BCUT2D eigenvalue weighted by atomic mass is 10.0. The van der Waals surface area contributed by atoms with Gasteiger partial charge in [0.05, 0.1) is 0 Å². The van der Waals surface area contributed by atoms with Gasteiger partial charge in [-0.05, 0) is 62.5 Å². The van der Waals surface area contributed by atoms with Crippen LogP contribution in [0.1, 0.15) is 24.1 Å². The number of benzene rings is 1. The molecule has 118 valence electrons. The van der Waals surface area contributed by atoms with Crippen molar-refractivity contribution in [2.75, 3.05) is 19.6 Å². The Kier molecular flexibility index (Phi) is 4.69. The maximum Gasteiger partial charge on any atom is 0.220 e. The van der Waals surface area contributed by atoms with Gasteiger partial charge in [-0.1, -0.05) is 11.6 Å². The van der Waals surface area contributed by atoms with E-state index < -0.39 is 0 Å². The van der Waals surface area contributed by atoms with Gasteiger partial charge < -0.3 is 15.6 Å². The average Bonchev–Trinajstić information content (AvgIpc) is 3.08. The molecule has 1 aliphatic heterocycles. The molecule has 1 saturated heterocycles. The molecule has 1 amide bonds. The van der Waals surface area contributed by atoms with E-state index >= 15 is 0 Å². The highest BCUT2D eigenvalue weighted by Crippen LogP contribution is 2.25. The minimum absolute atomic E-state index is 0.157. The highest BCUT2D eigenvalue weighted by atomic mass is 35.5. The average molecular weight is 320 g/mol. The molecule has 22 heavy (non-hydrogen) atoms. The SMILES string of the molecule is Cc1[nH]c2ccc(Cl)cc2c1CCNC(=O)C[C@@H]1CCNC1. The van der Waals surface area contributed by atoms with E-state index in [0.717, 1.165) is 47.6 Å². The Morgan fingerprint density at radius 2 is 2.32 bits per heavy atom. The fourth-order valence-electron chi connectivity index (χ4n) is 3.23. The molecule has 1 atom stereocenters. The summed E-state index contributed by atoms with van der Waals surface area (Å²) in [4.78, 5) is 15.3. The Morgan fingerprint density at radius 3 is 3.09 bits per heavy atom. The molecule has 1 aliphatic rings. The number of aryl methyl sites for hydroxylation is 1. The third-order valence-electron chi connectivity index (χ3n) is 4.42. The monoisotopic (exact) mass is 319 g/mol. The van der Waals surface area contributed by atoms with E-state index in [0.29, 0.717) is 18.9 Å². The molecule has 0 spiro atoms. The van der Waals surface area contributed by atoms with E-state index in [-0.39, 0.29) is 5.91 Å². The van der Waals surface area contributed by atoms with Crippen LogP contribution in [0.2, 0.25) is 5.02 Å². The van der Waals surface area contributed by atoms with Gasteiger partial charge in [-0.3, -0.25) is 4.79 Å². The van der Waals surface area contributed by atoms with Crippen molar-refractivity contribution in [1.82, 2.24) is 15.6 Å². The molecule has 0 unspecified atom stereocenters. The highest BCUT2D eigenvalue weighted by Gasteiger charge is 2.17. The van der Waals surface area contributed by atoms with Crippen LogP contribution in [-0.2, 0) is 11.2 Å². The fraction of sp³-hybridized carbons (Fsp3) is 0.471. The number of carbonyl (C=O) groups excluding carboxylic acids is 1. The minimum atomic E-state index is 0.157. The first-order chi connectivity index (χ1) is 10.6. The molecule has 5 heteroatoms. The predicted molar refractivity (Wildman–Crippen MR) is 90.4 cm³/mol. The van der Waals surface area contributed by atoms with Gasteiger partial charge in [0.2, 0.25) is 5.91 Å². The largest absolute Gasteiger partial charge is 0.358 e. The summed E-state index contributed by atoms with van der Waals surface area (Å²) in [6, 6.07) is 5.88. The second kappa shape index (κ2) is 6.71. The molecule has 2 aromatic rings. The zero-order valence-electron chi connectivity index (χ0n) is 12.8. The Hall–Kier alpha value is -1.52. The Labute approximate surface area is 135 Å². The third-order valence-corrected chi connectivity index (χ3v) is 4.65. The number of hydrogen-bond donors (Lipinski definition) is 3. The van der Waals surface area contributed by atoms with Gasteiger partial charge in [-0.15, -0.1) is 0 Å². The van der Waals surface area contributed by atoms with E-state index in [1.165, 1.54) is 5.56 Å². The molecular weight excluding hydrogens is 298 g/mol. The molecule has 3 rings (SSSR count). The van der Waals surface area contributed by atoms with Crippen molar-refractivity contribution in [3.8, 4) is 0 Å². The number of hydrogen-bond acceptors (Lipinski definition) is 2.